The van der Waals surface area contributed by atoms with Gasteiger partial charge in [-0.25, -0.2) is 4.79 Å². The Morgan fingerprint density at radius 2 is 2.00 bits per heavy atom. The maximum absolute atomic E-state index is 12.3. The smallest absolute Gasteiger partial charge is 0.339 e. The number of carbonyl (C=O) groups excluding carboxylic acids is 2. The zero-order chi connectivity index (χ0) is 14.7. The van der Waals surface area contributed by atoms with Gasteiger partial charge in [-0.2, -0.15) is 5.10 Å². The highest BCUT2D eigenvalue weighted by Gasteiger charge is 2.21. The van der Waals surface area contributed by atoms with Crippen LogP contribution in [0.25, 0.3) is 0 Å². The van der Waals surface area contributed by atoms with E-state index in [1.165, 1.54) is 12.0 Å². The molecule has 1 N–H and O–H groups in total. The number of rotatable bonds is 3. The number of aromatic amines is 1. The van der Waals surface area contributed by atoms with Crippen molar-refractivity contribution in [1.82, 2.24) is 10.2 Å². The molecule has 0 atom stereocenters. The molecule has 0 saturated heterocycles. The van der Waals surface area contributed by atoms with Gasteiger partial charge in [0.05, 0.1) is 18.4 Å². The highest BCUT2D eigenvalue weighted by molar-refractivity contribution is 6.08. The summed E-state index contributed by atoms with van der Waals surface area (Å²) in [6, 6.07) is 8.41. The molecule has 104 valence electrons. The molecule has 20 heavy (non-hydrogen) atoms. The van der Waals surface area contributed by atoms with Crippen LogP contribution in [-0.4, -0.2) is 36.2 Å². The molecule has 1 aromatic carbocycles. The van der Waals surface area contributed by atoms with Crippen LogP contribution in [0.4, 0.5) is 5.69 Å². The Balaban J connectivity index is 2.36. The lowest BCUT2D eigenvalue weighted by molar-refractivity contribution is 0.0601. The Labute approximate surface area is 116 Å². The normalized spacial score (nSPS) is 10.2. The molecule has 2 aromatic rings. The molecule has 0 aliphatic rings. The Bertz CT molecular complexity index is 649. The Hall–Kier alpha value is -2.63. The maximum Gasteiger partial charge on any atom is 0.339 e. The number of hydrogen-bond acceptors (Lipinski definition) is 4. The summed E-state index contributed by atoms with van der Waals surface area (Å²) in [4.78, 5) is 25.4. The Morgan fingerprint density at radius 1 is 1.30 bits per heavy atom. The molecule has 1 amide bonds. The lowest BCUT2D eigenvalue weighted by Gasteiger charge is -2.18. The van der Waals surface area contributed by atoms with E-state index in [9.17, 15) is 9.59 Å². The van der Waals surface area contributed by atoms with E-state index < -0.39 is 5.97 Å². The third-order valence-corrected chi connectivity index (χ3v) is 2.90. The highest BCUT2D eigenvalue weighted by Crippen LogP contribution is 2.21. The number of nitrogens with one attached hydrogen (secondary N) is 1. The summed E-state index contributed by atoms with van der Waals surface area (Å²) < 4.78 is 4.72. The van der Waals surface area contributed by atoms with Crippen LogP contribution in [0.3, 0.4) is 0 Å². The molecular weight excluding hydrogens is 258 g/mol. The number of aryl methyl sites for hydroxylation is 1. The second kappa shape index (κ2) is 5.56. The second-order valence-corrected chi connectivity index (χ2v) is 4.31. The topological polar surface area (TPSA) is 75.3 Å². The number of aromatic nitrogens is 2. The van der Waals surface area contributed by atoms with Gasteiger partial charge in [0.2, 0.25) is 0 Å². The summed E-state index contributed by atoms with van der Waals surface area (Å²) in [5.41, 5.74) is 1.90. The number of hydrogen-bond donors (Lipinski definition) is 1. The van der Waals surface area contributed by atoms with Crippen molar-refractivity contribution in [3.63, 3.8) is 0 Å². The van der Waals surface area contributed by atoms with Crippen LogP contribution >= 0.6 is 0 Å². The van der Waals surface area contributed by atoms with E-state index in [1.54, 1.807) is 37.4 Å². The molecule has 0 unspecified atom stereocenters. The third kappa shape index (κ3) is 2.54. The fourth-order valence-electron chi connectivity index (χ4n) is 1.86. The standard InChI is InChI=1S/C14H15N3O3/c1-9-8-11(16-15-9)13(18)17(2)12-7-5-4-6-10(12)14(19)20-3/h4-8H,1-3H3,(H,15,16). The quantitative estimate of drug-likeness (QED) is 0.865. The number of amides is 1. The van der Waals surface area contributed by atoms with Crippen molar-refractivity contribution < 1.29 is 14.3 Å². The van der Waals surface area contributed by atoms with Crippen molar-refractivity contribution in [2.24, 2.45) is 0 Å². The molecule has 0 saturated carbocycles. The number of nitrogens with zero attached hydrogens (tertiary/aromatic N) is 2. The second-order valence-electron chi connectivity index (χ2n) is 4.31. The van der Waals surface area contributed by atoms with E-state index in [-0.39, 0.29) is 5.91 Å². The first-order chi connectivity index (χ1) is 9.54. The summed E-state index contributed by atoms with van der Waals surface area (Å²) in [5, 5.41) is 6.64. The lowest BCUT2D eigenvalue weighted by atomic mass is 10.1. The van der Waals surface area contributed by atoms with Gasteiger partial charge in [-0.3, -0.25) is 9.89 Å². The number of methoxy groups -OCH3 is 1. The number of anilines is 1. The summed E-state index contributed by atoms with van der Waals surface area (Å²) >= 11 is 0. The molecule has 1 aromatic heterocycles. The van der Waals surface area contributed by atoms with E-state index in [2.05, 4.69) is 10.2 Å². The van der Waals surface area contributed by atoms with Crippen LogP contribution in [0.5, 0.6) is 0 Å². The minimum absolute atomic E-state index is 0.296. The van der Waals surface area contributed by atoms with Crippen molar-refractivity contribution in [1.29, 1.82) is 0 Å². The fourth-order valence-corrected chi connectivity index (χ4v) is 1.86. The van der Waals surface area contributed by atoms with Crippen molar-refractivity contribution in [2.45, 2.75) is 6.92 Å². The van der Waals surface area contributed by atoms with Gasteiger partial charge in [-0.1, -0.05) is 12.1 Å². The zero-order valence-corrected chi connectivity index (χ0v) is 11.5. The summed E-state index contributed by atoms with van der Waals surface area (Å²) in [7, 11) is 2.89. The largest absolute Gasteiger partial charge is 0.465 e. The molecule has 0 aliphatic carbocycles. The van der Waals surface area contributed by atoms with Crippen molar-refractivity contribution in [2.75, 3.05) is 19.1 Å². The van der Waals surface area contributed by atoms with Crippen molar-refractivity contribution >= 4 is 17.6 Å². The molecule has 0 spiro atoms. The van der Waals surface area contributed by atoms with Crippen LogP contribution in [0.2, 0.25) is 0 Å². The highest BCUT2D eigenvalue weighted by atomic mass is 16.5. The van der Waals surface area contributed by atoms with Gasteiger partial charge in [0.1, 0.15) is 0 Å². The van der Waals surface area contributed by atoms with Gasteiger partial charge in [-0.15, -0.1) is 0 Å². The number of carbonyl (C=O) groups is 2. The van der Waals surface area contributed by atoms with Gasteiger partial charge in [-0.05, 0) is 25.1 Å². The lowest BCUT2D eigenvalue weighted by Crippen LogP contribution is -2.28. The zero-order valence-electron chi connectivity index (χ0n) is 11.5. The van der Waals surface area contributed by atoms with Crippen LogP contribution < -0.4 is 4.90 Å². The molecular formula is C14H15N3O3. The molecule has 6 nitrogen and oxygen atoms in total. The first kappa shape index (κ1) is 13.8. The van der Waals surface area contributed by atoms with E-state index >= 15 is 0 Å². The minimum atomic E-state index is -0.488. The molecule has 0 radical (unpaired) electrons. The van der Waals surface area contributed by atoms with Crippen molar-refractivity contribution in [3.8, 4) is 0 Å². The molecule has 0 aliphatic heterocycles. The number of esters is 1. The Kier molecular flexibility index (Phi) is 3.84. The first-order valence-corrected chi connectivity index (χ1v) is 6.02. The summed E-state index contributed by atoms with van der Waals surface area (Å²) in [6.07, 6.45) is 0. The first-order valence-electron chi connectivity index (χ1n) is 6.02. The predicted octanol–water partition coefficient (Wildman–Crippen LogP) is 1.78. The van der Waals surface area contributed by atoms with Crippen LogP contribution in [0.1, 0.15) is 26.5 Å². The average Bonchev–Trinajstić information content (AvgIpc) is 2.91. The number of benzene rings is 1. The van der Waals surface area contributed by atoms with Gasteiger partial charge in [0, 0.05) is 12.7 Å². The van der Waals surface area contributed by atoms with Crippen LogP contribution in [0, 0.1) is 6.92 Å². The SMILES string of the molecule is COC(=O)c1ccccc1N(C)C(=O)c1cc(C)[nH]n1. The molecule has 6 heteroatoms. The Morgan fingerprint density at radius 3 is 2.60 bits per heavy atom. The summed E-state index contributed by atoms with van der Waals surface area (Å²) in [6.45, 7) is 1.81. The number of ether oxygens (including phenoxy) is 1. The van der Waals surface area contributed by atoms with Gasteiger partial charge < -0.3 is 9.64 Å². The van der Waals surface area contributed by atoms with E-state index in [0.29, 0.717) is 16.9 Å². The number of H-pyrrole nitrogens is 1. The predicted molar refractivity (Wildman–Crippen MR) is 73.8 cm³/mol. The average molecular weight is 273 g/mol. The van der Waals surface area contributed by atoms with Gasteiger partial charge in [0.25, 0.3) is 5.91 Å². The van der Waals surface area contributed by atoms with Gasteiger partial charge >= 0.3 is 5.97 Å². The number of para-hydroxylation sites is 1. The van der Waals surface area contributed by atoms with E-state index in [0.717, 1.165) is 5.69 Å². The maximum atomic E-state index is 12.3. The van der Waals surface area contributed by atoms with Crippen molar-refractivity contribution in [3.05, 3.63) is 47.3 Å². The van der Waals surface area contributed by atoms with Gasteiger partial charge in [0.15, 0.2) is 5.69 Å². The third-order valence-electron chi connectivity index (χ3n) is 2.90. The molecule has 0 bridgehead atoms. The molecule has 2 rings (SSSR count). The molecule has 1 heterocycles. The van der Waals surface area contributed by atoms with E-state index in [1.807, 2.05) is 6.92 Å². The van der Waals surface area contributed by atoms with Crippen LogP contribution in [0.15, 0.2) is 30.3 Å². The monoisotopic (exact) mass is 273 g/mol. The fraction of sp³-hybridized carbons (Fsp3) is 0.214. The van der Waals surface area contributed by atoms with E-state index in [4.69, 9.17) is 4.74 Å². The van der Waals surface area contributed by atoms with Crippen LogP contribution in [-0.2, 0) is 4.74 Å². The minimum Gasteiger partial charge on any atom is -0.465 e. The molecule has 0 fully saturated rings. The summed E-state index contributed by atoms with van der Waals surface area (Å²) in [5.74, 6) is -0.788.